The number of rotatable bonds is 5. The Balaban J connectivity index is 2.85. The van der Waals surface area contributed by atoms with Gasteiger partial charge in [-0.3, -0.25) is 4.79 Å². The number of carbonyl (C=O) groups is 1. The molecule has 0 spiro atoms. The molecular weight excluding hydrogens is 213 g/mol. The molecule has 0 bridgehead atoms. The van der Waals surface area contributed by atoms with Gasteiger partial charge in [0.25, 0.3) is 5.91 Å². The minimum Gasteiger partial charge on any atom is -0.395 e. The van der Waals surface area contributed by atoms with Crippen molar-refractivity contribution in [3.63, 3.8) is 0 Å². The molecule has 0 aromatic heterocycles. The van der Waals surface area contributed by atoms with E-state index in [4.69, 9.17) is 10.2 Å². The average Bonchev–Trinajstić information content (AvgIpc) is 2.28. The zero-order valence-electron chi connectivity index (χ0n) is 8.77. The quantitative estimate of drug-likeness (QED) is 0.758. The molecule has 5 heteroatoms. The Morgan fingerprint density at radius 1 is 1.19 bits per heavy atom. The van der Waals surface area contributed by atoms with Crippen LogP contribution < -0.4 is 0 Å². The van der Waals surface area contributed by atoms with Crippen molar-refractivity contribution < 1.29 is 19.4 Å². The summed E-state index contributed by atoms with van der Waals surface area (Å²) in [7, 11) is 0. The van der Waals surface area contributed by atoms with Gasteiger partial charge in [-0.25, -0.2) is 4.39 Å². The summed E-state index contributed by atoms with van der Waals surface area (Å²) in [6, 6.07) is 5.63. The van der Waals surface area contributed by atoms with Crippen LogP contribution in [-0.2, 0) is 0 Å². The van der Waals surface area contributed by atoms with Crippen LogP contribution in [0.1, 0.15) is 10.4 Å². The van der Waals surface area contributed by atoms with E-state index in [1.165, 1.54) is 23.1 Å². The molecular formula is C11H14FNO3. The number of halogens is 1. The van der Waals surface area contributed by atoms with E-state index in [0.29, 0.717) is 0 Å². The molecule has 2 N–H and O–H groups in total. The molecule has 16 heavy (non-hydrogen) atoms. The molecule has 0 aliphatic rings. The Morgan fingerprint density at radius 2 is 1.75 bits per heavy atom. The fourth-order valence-corrected chi connectivity index (χ4v) is 1.36. The number of benzene rings is 1. The second-order valence-electron chi connectivity index (χ2n) is 3.22. The Labute approximate surface area is 92.9 Å². The van der Waals surface area contributed by atoms with Crippen LogP contribution >= 0.6 is 0 Å². The first-order chi connectivity index (χ1) is 7.70. The van der Waals surface area contributed by atoms with Crippen LogP contribution in [0.15, 0.2) is 24.3 Å². The van der Waals surface area contributed by atoms with E-state index in [9.17, 15) is 9.18 Å². The first-order valence-electron chi connectivity index (χ1n) is 4.96. The van der Waals surface area contributed by atoms with Crippen LogP contribution in [0.4, 0.5) is 4.39 Å². The Morgan fingerprint density at radius 3 is 2.25 bits per heavy atom. The summed E-state index contributed by atoms with van der Waals surface area (Å²) in [6.45, 7) is -0.290. The Hall–Kier alpha value is -1.46. The van der Waals surface area contributed by atoms with Gasteiger partial charge in [0, 0.05) is 13.1 Å². The highest BCUT2D eigenvalue weighted by Crippen LogP contribution is 2.09. The maximum absolute atomic E-state index is 13.3. The molecule has 0 saturated heterocycles. The zero-order valence-corrected chi connectivity index (χ0v) is 8.77. The van der Waals surface area contributed by atoms with E-state index in [2.05, 4.69) is 0 Å². The predicted molar refractivity (Wildman–Crippen MR) is 56.5 cm³/mol. The van der Waals surface area contributed by atoms with Crippen LogP contribution in [0.3, 0.4) is 0 Å². The third kappa shape index (κ3) is 3.01. The summed E-state index contributed by atoms with van der Waals surface area (Å²) in [6.07, 6.45) is 0. The molecule has 0 heterocycles. The van der Waals surface area contributed by atoms with E-state index >= 15 is 0 Å². The molecule has 0 aliphatic carbocycles. The Kier molecular flexibility index (Phi) is 4.88. The van der Waals surface area contributed by atoms with Crippen molar-refractivity contribution in [1.29, 1.82) is 0 Å². The molecule has 1 rings (SSSR count). The second-order valence-corrected chi connectivity index (χ2v) is 3.22. The Bertz CT molecular complexity index is 351. The third-order valence-electron chi connectivity index (χ3n) is 2.13. The number of hydrogen-bond donors (Lipinski definition) is 2. The van der Waals surface area contributed by atoms with Gasteiger partial charge in [-0.2, -0.15) is 0 Å². The molecule has 0 saturated carbocycles. The molecule has 0 atom stereocenters. The van der Waals surface area contributed by atoms with Gasteiger partial charge < -0.3 is 15.1 Å². The summed E-state index contributed by atoms with van der Waals surface area (Å²) in [4.78, 5) is 13.0. The average molecular weight is 227 g/mol. The number of carbonyl (C=O) groups excluding carboxylic acids is 1. The topological polar surface area (TPSA) is 60.8 Å². The fraction of sp³-hybridized carbons (Fsp3) is 0.364. The third-order valence-corrected chi connectivity index (χ3v) is 2.13. The van der Waals surface area contributed by atoms with Crippen molar-refractivity contribution in [1.82, 2.24) is 4.90 Å². The largest absolute Gasteiger partial charge is 0.395 e. The van der Waals surface area contributed by atoms with Crippen molar-refractivity contribution in [3.8, 4) is 0 Å². The van der Waals surface area contributed by atoms with E-state index in [1.807, 2.05) is 0 Å². The highest BCUT2D eigenvalue weighted by Gasteiger charge is 2.17. The standard InChI is InChI=1S/C11H14FNO3/c12-10-4-2-1-3-9(10)11(16)13(5-7-14)6-8-15/h1-4,14-15H,5-8H2. The van der Waals surface area contributed by atoms with E-state index < -0.39 is 11.7 Å². The lowest BCUT2D eigenvalue weighted by molar-refractivity contribution is 0.0680. The summed E-state index contributed by atoms with van der Waals surface area (Å²) in [5, 5.41) is 17.5. The van der Waals surface area contributed by atoms with Crippen molar-refractivity contribution >= 4 is 5.91 Å². The second kappa shape index (κ2) is 6.19. The van der Waals surface area contributed by atoms with Crippen molar-refractivity contribution in [2.75, 3.05) is 26.3 Å². The van der Waals surface area contributed by atoms with Crippen LogP contribution in [0.2, 0.25) is 0 Å². The fourth-order valence-electron chi connectivity index (χ4n) is 1.36. The van der Waals surface area contributed by atoms with Crippen molar-refractivity contribution in [2.45, 2.75) is 0 Å². The molecule has 4 nitrogen and oxygen atoms in total. The summed E-state index contributed by atoms with van der Waals surface area (Å²) in [5.41, 5.74) is -0.0515. The van der Waals surface area contributed by atoms with Crippen molar-refractivity contribution in [3.05, 3.63) is 35.6 Å². The number of aliphatic hydroxyl groups is 2. The van der Waals surface area contributed by atoms with Gasteiger partial charge in [0.2, 0.25) is 0 Å². The van der Waals surface area contributed by atoms with E-state index in [1.54, 1.807) is 6.07 Å². The van der Waals surface area contributed by atoms with Crippen molar-refractivity contribution in [2.24, 2.45) is 0 Å². The monoisotopic (exact) mass is 227 g/mol. The number of nitrogens with zero attached hydrogens (tertiary/aromatic N) is 1. The molecule has 0 aliphatic heterocycles. The van der Waals surface area contributed by atoms with E-state index in [-0.39, 0.29) is 31.9 Å². The molecule has 1 aromatic carbocycles. The molecule has 88 valence electrons. The minimum absolute atomic E-state index is 0.0515. The number of amides is 1. The van der Waals surface area contributed by atoms with Crippen LogP contribution in [0, 0.1) is 5.82 Å². The highest BCUT2D eigenvalue weighted by molar-refractivity contribution is 5.94. The van der Waals surface area contributed by atoms with Crippen LogP contribution in [0.5, 0.6) is 0 Å². The number of hydrogen-bond acceptors (Lipinski definition) is 3. The SMILES string of the molecule is O=C(c1ccccc1F)N(CCO)CCO. The van der Waals surface area contributed by atoms with Gasteiger partial charge in [-0.15, -0.1) is 0 Å². The first-order valence-corrected chi connectivity index (χ1v) is 4.96. The summed E-state index contributed by atoms with van der Waals surface area (Å²) in [5.74, 6) is -1.13. The lowest BCUT2D eigenvalue weighted by atomic mass is 10.2. The maximum atomic E-state index is 13.3. The molecule has 1 amide bonds. The molecule has 0 radical (unpaired) electrons. The summed E-state index contributed by atoms with van der Waals surface area (Å²) < 4.78 is 13.3. The molecule has 0 fully saturated rings. The van der Waals surface area contributed by atoms with Gasteiger partial charge in [0.15, 0.2) is 0 Å². The predicted octanol–water partition coefficient (Wildman–Crippen LogP) is 0.253. The summed E-state index contributed by atoms with van der Waals surface area (Å²) >= 11 is 0. The zero-order chi connectivity index (χ0) is 12.0. The van der Waals surface area contributed by atoms with Gasteiger partial charge in [0.05, 0.1) is 18.8 Å². The van der Waals surface area contributed by atoms with Crippen LogP contribution in [-0.4, -0.2) is 47.3 Å². The first kappa shape index (κ1) is 12.6. The van der Waals surface area contributed by atoms with Gasteiger partial charge in [-0.1, -0.05) is 12.1 Å². The van der Waals surface area contributed by atoms with Gasteiger partial charge in [-0.05, 0) is 12.1 Å². The lowest BCUT2D eigenvalue weighted by Crippen LogP contribution is -2.36. The minimum atomic E-state index is -0.603. The lowest BCUT2D eigenvalue weighted by Gasteiger charge is -2.20. The van der Waals surface area contributed by atoms with Gasteiger partial charge in [0.1, 0.15) is 5.82 Å². The molecule has 1 aromatic rings. The number of aliphatic hydroxyl groups excluding tert-OH is 2. The highest BCUT2D eigenvalue weighted by atomic mass is 19.1. The van der Waals surface area contributed by atoms with Crippen LogP contribution in [0.25, 0.3) is 0 Å². The maximum Gasteiger partial charge on any atom is 0.256 e. The molecule has 0 unspecified atom stereocenters. The van der Waals surface area contributed by atoms with E-state index in [0.717, 1.165) is 0 Å². The smallest absolute Gasteiger partial charge is 0.256 e. The van der Waals surface area contributed by atoms with Gasteiger partial charge >= 0.3 is 0 Å². The normalized spacial score (nSPS) is 10.2.